The van der Waals surface area contributed by atoms with Crippen LogP contribution in [0.1, 0.15) is 24.2 Å². The van der Waals surface area contributed by atoms with Gasteiger partial charge in [-0.05, 0) is 26.0 Å². The van der Waals surface area contributed by atoms with Gasteiger partial charge in [-0.15, -0.1) is 0 Å². The maximum atomic E-state index is 12.3. The van der Waals surface area contributed by atoms with Crippen LogP contribution in [0.25, 0.3) is 0 Å². The molecule has 0 N–H and O–H groups in total. The molecule has 5 nitrogen and oxygen atoms in total. The Bertz CT molecular complexity index is 462. The van der Waals surface area contributed by atoms with Gasteiger partial charge in [-0.2, -0.15) is 0 Å². The molecule has 0 aromatic heterocycles. The van der Waals surface area contributed by atoms with Crippen LogP contribution in [0, 0.1) is 0 Å². The molecule has 1 aromatic carbocycles. The van der Waals surface area contributed by atoms with E-state index in [9.17, 15) is 9.36 Å². The number of carbonyl (C=O) groups is 1. The van der Waals surface area contributed by atoms with E-state index >= 15 is 0 Å². The monoisotopic (exact) mass is 286 g/mol. The fraction of sp³-hybridized carbons (Fsp3) is 0.462. The third-order valence-electron chi connectivity index (χ3n) is 2.38. The van der Waals surface area contributed by atoms with E-state index in [0.29, 0.717) is 11.3 Å². The molecule has 0 radical (unpaired) electrons. The lowest BCUT2D eigenvalue weighted by molar-refractivity contribution is 0.100. The van der Waals surface area contributed by atoms with E-state index in [1.54, 1.807) is 38.1 Å². The number of methoxy groups -OCH3 is 1. The van der Waals surface area contributed by atoms with Crippen molar-refractivity contribution in [2.45, 2.75) is 13.8 Å². The topological polar surface area (TPSA) is 61.8 Å². The molecule has 0 atom stereocenters. The van der Waals surface area contributed by atoms with E-state index < -0.39 is 7.60 Å². The number of rotatable bonds is 8. The predicted molar refractivity (Wildman–Crippen MR) is 73.1 cm³/mol. The van der Waals surface area contributed by atoms with Crippen LogP contribution in [-0.2, 0) is 13.6 Å². The molecule has 0 saturated carbocycles. The van der Waals surface area contributed by atoms with E-state index in [-0.39, 0.29) is 25.2 Å². The van der Waals surface area contributed by atoms with Crippen LogP contribution in [0.4, 0.5) is 0 Å². The lowest BCUT2D eigenvalue weighted by Crippen LogP contribution is -2.10. The number of carbonyl (C=O) groups excluding carboxylic acids is 1. The molecule has 1 aromatic rings. The van der Waals surface area contributed by atoms with Crippen molar-refractivity contribution in [1.29, 1.82) is 0 Å². The molecule has 0 unspecified atom stereocenters. The molecule has 0 aliphatic rings. The molecule has 1 rings (SSSR count). The van der Waals surface area contributed by atoms with Crippen molar-refractivity contribution in [3.8, 4) is 5.75 Å². The second kappa shape index (κ2) is 7.43. The Hall–Kier alpha value is -1.16. The zero-order valence-electron chi connectivity index (χ0n) is 11.4. The Morgan fingerprint density at radius 1 is 1.21 bits per heavy atom. The van der Waals surface area contributed by atoms with Crippen LogP contribution in [0.15, 0.2) is 24.3 Å². The average molecular weight is 286 g/mol. The van der Waals surface area contributed by atoms with Crippen molar-refractivity contribution in [3.05, 3.63) is 29.8 Å². The second-order valence-electron chi connectivity index (χ2n) is 3.76. The van der Waals surface area contributed by atoms with E-state index in [2.05, 4.69) is 0 Å². The smallest absolute Gasteiger partial charge is 0.338 e. The van der Waals surface area contributed by atoms with E-state index in [1.165, 1.54) is 7.11 Å². The third kappa shape index (κ3) is 4.78. The summed E-state index contributed by atoms with van der Waals surface area (Å²) in [6.45, 7) is 3.90. The zero-order valence-corrected chi connectivity index (χ0v) is 12.3. The standard InChI is InChI=1S/C13H19O5P/c1-4-17-19(15,18-5-2)10-13(14)11-7-6-8-12(9-11)16-3/h6-9H,4-5,10H2,1-3H3. The van der Waals surface area contributed by atoms with Gasteiger partial charge in [0.05, 0.1) is 20.3 Å². The summed E-state index contributed by atoms with van der Waals surface area (Å²) in [5.41, 5.74) is 0.430. The number of ketones is 1. The summed E-state index contributed by atoms with van der Waals surface area (Å²) in [7, 11) is -1.83. The molecular formula is C13H19O5P. The molecule has 0 fully saturated rings. The molecule has 0 amide bonds. The first-order chi connectivity index (χ1) is 9.04. The van der Waals surface area contributed by atoms with Gasteiger partial charge in [-0.3, -0.25) is 9.36 Å². The molecule has 0 saturated heterocycles. The highest BCUT2D eigenvalue weighted by atomic mass is 31.2. The van der Waals surface area contributed by atoms with E-state index in [0.717, 1.165) is 0 Å². The van der Waals surface area contributed by atoms with Crippen LogP contribution in [0.5, 0.6) is 5.75 Å². The lowest BCUT2D eigenvalue weighted by Gasteiger charge is -2.16. The molecule has 0 aliphatic carbocycles. The Balaban J connectivity index is 2.84. The van der Waals surface area contributed by atoms with Gasteiger partial charge in [0.25, 0.3) is 0 Å². The van der Waals surface area contributed by atoms with Crippen molar-refractivity contribution < 1.29 is 23.1 Å². The lowest BCUT2D eigenvalue weighted by atomic mass is 10.1. The third-order valence-corrected chi connectivity index (χ3v) is 4.36. The summed E-state index contributed by atoms with van der Waals surface area (Å²) >= 11 is 0. The Morgan fingerprint density at radius 3 is 2.37 bits per heavy atom. The maximum absolute atomic E-state index is 12.3. The van der Waals surface area contributed by atoms with E-state index in [4.69, 9.17) is 13.8 Å². The van der Waals surface area contributed by atoms with Crippen molar-refractivity contribution in [2.24, 2.45) is 0 Å². The van der Waals surface area contributed by atoms with Gasteiger partial charge in [-0.25, -0.2) is 0 Å². The fourth-order valence-electron chi connectivity index (χ4n) is 1.59. The van der Waals surface area contributed by atoms with Gasteiger partial charge >= 0.3 is 7.60 Å². The molecule has 106 valence electrons. The number of hydrogen-bond donors (Lipinski definition) is 0. The van der Waals surface area contributed by atoms with Crippen LogP contribution in [0.2, 0.25) is 0 Å². The van der Waals surface area contributed by atoms with Crippen LogP contribution >= 0.6 is 7.60 Å². The molecular weight excluding hydrogens is 267 g/mol. The quantitative estimate of drug-likeness (QED) is 0.542. The molecule has 19 heavy (non-hydrogen) atoms. The first-order valence-electron chi connectivity index (χ1n) is 6.10. The van der Waals surface area contributed by atoms with Crippen LogP contribution in [-0.4, -0.2) is 32.3 Å². The normalized spacial score (nSPS) is 11.3. The van der Waals surface area contributed by atoms with Gasteiger partial charge in [0.1, 0.15) is 11.9 Å². The first-order valence-corrected chi connectivity index (χ1v) is 7.82. The SMILES string of the molecule is CCOP(=O)(CC(=O)c1cccc(OC)c1)OCC. The molecule has 0 heterocycles. The summed E-state index contributed by atoms with van der Waals surface area (Å²) in [4.78, 5) is 12.1. The number of benzene rings is 1. The number of ether oxygens (including phenoxy) is 1. The van der Waals surface area contributed by atoms with Crippen molar-refractivity contribution >= 4 is 13.4 Å². The van der Waals surface area contributed by atoms with Crippen molar-refractivity contribution in [1.82, 2.24) is 0 Å². The summed E-state index contributed by atoms with van der Waals surface area (Å²) < 4.78 is 27.5. The highest BCUT2D eigenvalue weighted by Gasteiger charge is 2.28. The zero-order chi connectivity index (χ0) is 14.3. The van der Waals surface area contributed by atoms with Gasteiger partial charge < -0.3 is 13.8 Å². The number of Topliss-reactive ketones (excluding diaryl/α,β-unsaturated/α-hetero) is 1. The van der Waals surface area contributed by atoms with Crippen molar-refractivity contribution in [2.75, 3.05) is 26.5 Å². The minimum absolute atomic E-state index is 0.239. The van der Waals surface area contributed by atoms with Gasteiger partial charge in [0.2, 0.25) is 0 Å². The summed E-state index contributed by atoms with van der Waals surface area (Å²) in [5, 5.41) is 0. The highest BCUT2D eigenvalue weighted by molar-refractivity contribution is 7.54. The highest BCUT2D eigenvalue weighted by Crippen LogP contribution is 2.48. The van der Waals surface area contributed by atoms with Gasteiger partial charge in [0, 0.05) is 5.56 Å². The Kier molecular flexibility index (Phi) is 6.22. The summed E-state index contributed by atoms with van der Waals surface area (Å²) in [6.07, 6.45) is -0.262. The maximum Gasteiger partial charge on any atom is 0.338 e. The first kappa shape index (κ1) is 15.9. The van der Waals surface area contributed by atoms with Gasteiger partial charge in [0.15, 0.2) is 5.78 Å². The molecule has 0 aliphatic heterocycles. The largest absolute Gasteiger partial charge is 0.497 e. The van der Waals surface area contributed by atoms with E-state index in [1.807, 2.05) is 0 Å². The number of hydrogen-bond acceptors (Lipinski definition) is 5. The molecule has 0 spiro atoms. The molecule has 0 bridgehead atoms. The second-order valence-corrected chi connectivity index (χ2v) is 5.81. The minimum atomic E-state index is -3.35. The predicted octanol–water partition coefficient (Wildman–Crippen LogP) is 3.14. The average Bonchev–Trinajstić information content (AvgIpc) is 2.39. The minimum Gasteiger partial charge on any atom is -0.497 e. The van der Waals surface area contributed by atoms with Crippen LogP contribution in [0.3, 0.4) is 0 Å². The summed E-state index contributed by atoms with van der Waals surface area (Å²) in [5.74, 6) is 0.289. The summed E-state index contributed by atoms with van der Waals surface area (Å²) in [6, 6.07) is 6.69. The molecule has 6 heteroatoms. The fourth-order valence-corrected chi connectivity index (χ4v) is 3.16. The van der Waals surface area contributed by atoms with Gasteiger partial charge in [-0.1, -0.05) is 12.1 Å². The Morgan fingerprint density at radius 2 is 1.84 bits per heavy atom. The van der Waals surface area contributed by atoms with Crippen LogP contribution < -0.4 is 4.74 Å². The Labute approximate surface area is 113 Å². The van der Waals surface area contributed by atoms with Crippen molar-refractivity contribution in [3.63, 3.8) is 0 Å².